The molecule has 6 heteroatoms. The molecule has 0 aromatic carbocycles. The van der Waals surface area contributed by atoms with Crippen LogP contribution in [-0.2, 0) is 4.79 Å². The van der Waals surface area contributed by atoms with E-state index in [1.54, 1.807) is 0 Å². The Labute approximate surface area is 98.1 Å². The van der Waals surface area contributed by atoms with Crippen molar-refractivity contribution in [3.8, 4) is 0 Å². The third-order valence-corrected chi connectivity index (χ3v) is 2.01. The van der Waals surface area contributed by atoms with E-state index in [0.29, 0.717) is 0 Å². The molecule has 1 aromatic heterocycles. The number of carbonyl (C=O) groups is 2. The van der Waals surface area contributed by atoms with E-state index in [2.05, 4.69) is 10.6 Å². The maximum absolute atomic E-state index is 11.5. The van der Waals surface area contributed by atoms with Crippen molar-refractivity contribution in [1.29, 1.82) is 0 Å². The number of hydrogen-bond acceptors (Lipinski definition) is 3. The number of carbonyl (C=O) groups excluding carboxylic acids is 2. The van der Waals surface area contributed by atoms with Crippen molar-refractivity contribution < 1.29 is 14.0 Å². The fraction of sp³-hybridized carbons (Fsp3) is 0.400. The highest BCUT2D eigenvalue weighted by molar-refractivity contribution is 6.32. The fourth-order valence-corrected chi connectivity index (χ4v) is 1.28. The van der Waals surface area contributed by atoms with E-state index in [0.717, 1.165) is 0 Å². The maximum Gasteiger partial charge on any atom is 0.256 e. The molecule has 0 bridgehead atoms. The topological polar surface area (TPSA) is 71.3 Å². The number of nitrogens with one attached hydrogen (secondary N) is 2. The smallest absolute Gasteiger partial charge is 0.256 e. The molecule has 1 aromatic rings. The van der Waals surface area contributed by atoms with E-state index in [-0.39, 0.29) is 29.3 Å². The van der Waals surface area contributed by atoms with Crippen molar-refractivity contribution in [2.24, 2.45) is 0 Å². The Kier molecular flexibility index (Phi) is 4.37. The first kappa shape index (κ1) is 12.6. The molecule has 0 aliphatic carbocycles. The Bertz CT molecular complexity index is 387. The number of furan rings is 1. The van der Waals surface area contributed by atoms with Crippen LogP contribution in [0.25, 0.3) is 0 Å². The van der Waals surface area contributed by atoms with Crippen molar-refractivity contribution in [3.05, 3.63) is 23.1 Å². The van der Waals surface area contributed by atoms with Gasteiger partial charge < -0.3 is 15.1 Å². The molecule has 5 nitrogen and oxygen atoms in total. The van der Waals surface area contributed by atoms with Crippen LogP contribution in [0, 0.1) is 0 Å². The van der Waals surface area contributed by atoms with E-state index in [4.69, 9.17) is 16.0 Å². The molecule has 16 heavy (non-hydrogen) atoms. The summed E-state index contributed by atoms with van der Waals surface area (Å²) in [4.78, 5) is 22.7. The summed E-state index contributed by atoms with van der Waals surface area (Å²) < 4.78 is 4.76. The SMILES string of the molecule is CC(C)NC(=O)CNC(=O)c1ccoc1Cl. The first-order valence-electron chi connectivity index (χ1n) is 4.81. The predicted octanol–water partition coefficient (Wildman–Crippen LogP) is 1.19. The lowest BCUT2D eigenvalue weighted by Crippen LogP contribution is -2.39. The van der Waals surface area contributed by atoms with Gasteiger partial charge in [-0.15, -0.1) is 0 Å². The zero-order chi connectivity index (χ0) is 12.1. The van der Waals surface area contributed by atoms with E-state index in [1.165, 1.54) is 12.3 Å². The summed E-state index contributed by atoms with van der Waals surface area (Å²) >= 11 is 5.61. The Morgan fingerprint density at radius 3 is 2.69 bits per heavy atom. The van der Waals surface area contributed by atoms with E-state index in [9.17, 15) is 9.59 Å². The molecule has 0 saturated carbocycles. The Balaban J connectivity index is 2.42. The van der Waals surface area contributed by atoms with Gasteiger partial charge >= 0.3 is 0 Å². The van der Waals surface area contributed by atoms with Crippen LogP contribution in [0.1, 0.15) is 24.2 Å². The molecule has 0 saturated heterocycles. The average Bonchev–Trinajstić information content (AvgIpc) is 2.60. The highest BCUT2D eigenvalue weighted by Crippen LogP contribution is 2.15. The molecule has 2 amide bonds. The van der Waals surface area contributed by atoms with Crippen LogP contribution < -0.4 is 10.6 Å². The third-order valence-electron chi connectivity index (χ3n) is 1.72. The highest BCUT2D eigenvalue weighted by atomic mass is 35.5. The lowest BCUT2D eigenvalue weighted by molar-refractivity contribution is -0.120. The summed E-state index contributed by atoms with van der Waals surface area (Å²) in [6, 6.07) is 1.49. The number of amides is 2. The summed E-state index contributed by atoms with van der Waals surface area (Å²) in [5.41, 5.74) is 0.221. The monoisotopic (exact) mass is 244 g/mol. The number of hydrogen-bond donors (Lipinski definition) is 2. The van der Waals surface area contributed by atoms with Gasteiger partial charge in [-0.3, -0.25) is 9.59 Å². The van der Waals surface area contributed by atoms with Gasteiger partial charge in [-0.2, -0.15) is 0 Å². The summed E-state index contributed by atoms with van der Waals surface area (Å²) in [5.74, 6) is -0.680. The van der Waals surface area contributed by atoms with Crippen molar-refractivity contribution in [1.82, 2.24) is 10.6 Å². The van der Waals surface area contributed by atoms with Crippen LogP contribution in [0.3, 0.4) is 0 Å². The summed E-state index contributed by atoms with van der Waals surface area (Å²) in [7, 11) is 0. The molecule has 2 N–H and O–H groups in total. The van der Waals surface area contributed by atoms with E-state index in [1.807, 2.05) is 13.8 Å². The van der Waals surface area contributed by atoms with Crippen molar-refractivity contribution >= 4 is 23.4 Å². The Hall–Kier alpha value is -1.49. The minimum absolute atomic E-state index is 0.0155. The van der Waals surface area contributed by atoms with Crippen LogP contribution in [0.2, 0.25) is 5.22 Å². The molecule has 0 unspecified atom stereocenters. The molecule has 88 valence electrons. The van der Waals surface area contributed by atoms with Gasteiger partial charge in [-0.1, -0.05) is 0 Å². The molecule has 0 radical (unpaired) electrons. The maximum atomic E-state index is 11.5. The highest BCUT2D eigenvalue weighted by Gasteiger charge is 2.13. The van der Waals surface area contributed by atoms with Gasteiger partial charge in [0, 0.05) is 6.04 Å². The van der Waals surface area contributed by atoms with Crippen LogP contribution in [0.4, 0.5) is 0 Å². The molecule has 0 aliphatic rings. The minimum atomic E-state index is -0.433. The second-order valence-electron chi connectivity index (χ2n) is 3.51. The molecular weight excluding hydrogens is 232 g/mol. The zero-order valence-corrected chi connectivity index (χ0v) is 9.80. The molecule has 0 atom stereocenters. The van der Waals surface area contributed by atoms with Crippen molar-refractivity contribution in [3.63, 3.8) is 0 Å². The van der Waals surface area contributed by atoms with Gasteiger partial charge in [0.15, 0.2) is 0 Å². The zero-order valence-electron chi connectivity index (χ0n) is 9.04. The molecule has 1 heterocycles. The van der Waals surface area contributed by atoms with E-state index >= 15 is 0 Å². The summed E-state index contributed by atoms with van der Waals surface area (Å²) in [6.45, 7) is 3.60. The van der Waals surface area contributed by atoms with Crippen LogP contribution in [-0.4, -0.2) is 24.4 Å². The van der Waals surface area contributed by atoms with Gasteiger partial charge in [0.1, 0.15) is 0 Å². The minimum Gasteiger partial charge on any atom is -0.452 e. The van der Waals surface area contributed by atoms with Gasteiger partial charge in [0.25, 0.3) is 5.91 Å². The molecule has 0 fully saturated rings. The van der Waals surface area contributed by atoms with E-state index < -0.39 is 5.91 Å². The standard InChI is InChI=1S/C10H13ClN2O3/c1-6(2)13-8(14)5-12-10(15)7-3-4-16-9(7)11/h3-4,6H,5H2,1-2H3,(H,12,15)(H,13,14). The van der Waals surface area contributed by atoms with Crippen LogP contribution >= 0.6 is 11.6 Å². The number of rotatable bonds is 4. The van der Waals surface area contributed by atoms with Crippen molar-refractivity contribution in [2.75, 3.05) is 6.54 Å². The fourth-order valence-electron chi connectivity index (χ4n) is 1.08. The Morgan fingerprint density at radius 2 is 2.19 bits per heavy atom. The second kappa shape index (κ2) is 5.55. The predicted molar refractivity (Wildman–Crippen MR) is 59.3 cm³/mol. The van der Waals surface area contributed by atoms with Gasteiger partial charge in [0.05, 0.1) is 18.4 Å². The van der Waals surface area contributed by atoms with Gasteiger partial charge in [0.2, 0.25) is 11.1 Å². The molecule has 1 rings (SSSR count). The molecule has 0 spiro atoms. The second-order valence-corrected chi connectivity index (χ2v) is 3.86. The van der Waals surface area contributed by atoms with Gasteiger partial charge in [-0.05, 0) is 31.5 Å². The van der Waals surface area contributed by atoms with Crippen LogP contribution in [0.15, 0.2) is 16.7 Å². The largest absolute Gasteiger partial charge is 0.452 e. The average molecular weight is 245 g/mol. The van der Waals surface area contributed by atoms with Crippen LogP contribution in [0.5, 0.6) is 0 Å². The number of halogens is 1. The lowest BCUT2D eigenvalue weighted by Gasteiger charge is -2.08. The molecular formula is C10H13ClN2O3. The first-order valence-corrected chi connectivity index (χ1v) is 5.19. The normalized spacial score (nSPS) is 10.2. The molecule has 0 aliphatic heterocycles. The third kappa shape index (κ3) is 3.58. The summed E-state index contributed by atoms with van der Waals surface area (Å²) in [5, 5.41) is 5.10. The summed E-state index contributed by atoms with van der Waals surface area (Å²) in [6.07, 6.45) is 1.31. The lowest BCUT2D eigenvalue weighted by atomic mass is 10.3. The quantitative estimate of drug-likeness (QED) is 0.836. The van der Waals surface area contributed by atoms with Crippen molar-refractivity contribution in [2.45, 2.75) is 19.9 Å². The Morgan fingerprint density at radius 1 is 1.50 bits per heavy atom. The van der Waals surface area contributed by atoms with Gasteiger partial charge in [-0.25, -0.2) is 0 Å². The first-order chi connectivity index (χ1) is 7.50.